The Hall–Kier alpha value is -2.67. The zero-order chi connectivity index (χ0) is 21.8. The summed E-state index contributed by atoms with van der Waals surface area (Å²) in [5.74, 6) is 0. The smallest absolute Gasteiger partial charge is 0.333 e. The molecule has 0 amide bonds. The molecule has 0 fully saturated rings. The average Bonchev–Trinajstić information content (AvgIpc) is 3.32. The predicted octanol–water partition coefficient (Wildman–Crippen LogP) is 5.67. The van der Waals surface area contributed by atoms with E-state index >= 15 is 0 Å². The van der Waals surface area contributed by atoms with E-state index in [4.69, 9.17) is 14.1 Å². The van der Waals surface area contributed by atoms with E-state index in [9.17, 15) is 5.11 Å². The van der Waals surface area contributed by atoms with Crippen LogP contribution in [-0.4, -0.2) is 28.8 Å². The fraction of sp³-hybridized carbons (Fsp3) is 0.240. The van der Waals surface area contributed by atoms with E-state index in [0.717, 1.165) is 48.2 Å². The molecule has 0 aliphatic heterocycles. The summed E-state index contributed by atoms with van der Waals surface area (Å²) in [5.41, 5.74) is 2.63. The molecule has 3 aromatic carbocycles. The van der Waals surface area contributed by atoms with Gasteiger partial charge in [0.2, 0.25) is 0 Å². The third-order valence-corrected chi connectivity index (χ3v) is 7.08. The molecule has 1 radical (unpaired) electrons. The van der Waals surface area contributed by atoms with Crippen LogP contribution in [0.1, 0.15) is 27.7 Å². The molecule has 2 heterocycles. The van der Waals surface area contributed by atoms with Crippen molar-refractivity contribution in [3.05, 3.63) is 60.7 Å². The van der Waals surface area contributed by atoms with E-state index in [-0.39, 0.29) is 0 Å². The van der Waals surface area contributed by atoms with Gasteiger partial charge in [0, 0.05) is 22.4 Å². The van der Waals surface area contributed by atoms with Crippen molar-refractivity contribution in [3.8, 4) is 10.6 Å². The van der Waals surface area contributed by atoms with Crippen molar-refractivity contribution in [1.82, 2.24) is 4.98 Å². The molecular formula is C25H23BNO3S. The molecule has 0 saturated carbocycles. The first-order valence-corrected chi connectivity index (χ1v) is 11.1. The maximum absolute atomic E-state index is 10.6. The molecule has 31 heavy (non-hydrogen) atoms. The Kier molecular flexibility index (Phi) is 4.70. The molecule has 0 atom stereocenters. The van der Waals surface area contributed by atoms with Gasteiger partial charge in [0.05, 0.1) is 21.4 Å². The third kappa shape index (κ3) is 3.45. The summed E-state index contributed by atoms with van der Waals surface area (Å²) < 4.78 is 13.4. The van der Waals surface area contributed by atoms with Crippen LogP contribution in [0, 0.1) is 0 Å². The number of nitrogens with zero attached hydrogens (tertiary/aromatic N) is 1. The van der Waals surface area contributed by atoms with Gasteiger partial charge >= 0.3 is 7.48 Å². The lowest BCUT2D eigenvalue weighted by Crippen LogP contribution is -2.49. The number of hydrogen-bond donors (Lipinski definition) is 1. The molecule has 0 aliphatic carbocycles. The van der Waals surface area contributed by atoms with Crippen LogP contribution in [0.4, 0.5) is 0 Å². The molecule has 2 aromatic heterocycles. The summed E-state index contributed by atoms with van der Waals surface area (Å²) in [5, 5.41) is 13.5. The molecule has 0 bridgehead atoms. The number of fused-ring (bicyclic) bond motifs is 4. The standard InChI is InChI=1S/C25H23BNO3S/c1-24(2,28)25(3,4)30-26-21-20-16-12-8-9-13-17(16)29-18(20)14-19-22(21)27-23(31-19)15-10-6-5-7-11-15/h5-14,28H,1-4H3. The molecule has 155 valence electrons. The number of para-hydroxylation sites is 1. The van der Waals surface area contributed by atoms with E-state index in [2.05, 4.69) is 24.3 Å². The minimum atomic E-state index is -1.02. The van der Waals surface area contributed by atoms with Crippen LogP contribution in [-0.2, 0) is 4.65 Å². The van der Waals surface area contributed by atoms with Gasteiger partial charge in [-0.25, -0.2) is 4.98 Å². The third-order valence-electron chi connectivity index (χ3n) is 6.03. The van der Waals surface area contributed by atoms with Crippen LogP contribution in [0.2, 0.25) is 0 Å². The Morgan fingerprint density at radius 1 is 0.968 bits per heavy atom. The molecule has 1 N–H and O–H groups in total. The highest BCUT2D eigenvalue weighted by Crippen LogP contribution is 2.36. The van der Waals surface area contributed by atoms with Gasteiger partial charge in [0.15, 0.2) is 0 Å². The van der Waals surface area contributed by atoms with Gasteiger partial charge in [-0.05, 0) is 39.2 Å². The summed E-state index contributed by atoms with van der Waals surface area (Å²) in [6.45, 7) is 7.26. The van der Waals surface area contributed by atoms with Gasteiger partial charge in [-0.3, -0.25) is 0 Å². The molecule has 5 rings (SSSR count). The lowest BCUT2D eigenvalue weighted by Gasteiger charge is -2.37. The van der Waals surface area contributed by atoms with E-state index < -0.39 is 11.2 Å². The minimum absolute atomic E-state index is 0.792. The van der Waals surface area contributed by atoms with Gasteiger partial charge in [-0.1, -0.05) is 48.5 Å². The number of rotatable bonds is 5. The summed E-state index contributed by atoms with van der Waals surface area (Å²) >= 11 is 1.63. The molecule has 0 spiro atoms. The highest BCUT2D eigenvalue weighted by atomic mass is 32.1. The second-order valence-corrected chi connectivity index (χ2v) is 9.83. The highest BCUT2D eigenvalue weighted by molar-refractivity contribution is 7.22. The van der Waals surface area contributed by atoms with Crippen molar-refractivity contribution in [2.75, 3.05) is 0 Å². The Morgan fingerprint density at radius 3 is 2.42 bits per heavy atom. The largest absolute Gasteiger partial charge is 0.456 e. The van der Waals surface area contributed by atoms with Crippen LogP contribution < -0.4 is 5.46 Å². The van der Waals surface area contributed by atoms with Crippen molar-refractivity contribution in [3.63, 3.8) is 0 Å². The van der Waals surface area contributed by atoms with Crippen molar-refractivity contribution >= 4 is 56.4 Å². The fourth-order valence-electron chi connectivity index (χ4n) is 3.47. The Balaban J connectivity index is 1.74. The number of aliphatic hydroxyl groups is 1. The van der Waals surface area contributed by atoms with Crippen LogP contribution in [0.3, 0.4) is 0 Å². The number of hydrogen-bond acceptors (Lipinski definition) is 5. The predicted molar refractivity (Wildman–Crippen MR) is 129 cm³/mol. The van der Waals surface area contributed by atoms with E-state index in [1.165, 1.54) is 0 Å². The lowest BCUT2D eigenvalue weighted by molar-refractivity contribution is -0.0892. The first kappa shape index (κ1) is 20.2. The monoisotopic (exact) mass is 428 g/mol. The molecular weight excluding hydrogens is 405 g/mol. The van der Waals surface area contributed by atoms with Crippen LogP contribution in [0.5, 0.6) is 0 Å². The number of thiazole rings is 1. The Labute approximate surface area is 185 Å². The van der Waals surface area contributed by atoms with Crippen LogP contribution in [0.25, 0.3) is 42.7 Å². The second-order valence-electron chi connectivity index (χ2n) is 8.80. The number of benzene rings is 3. The molecule has 5 aromatic rings. The summed E-state index contributed by atoms with van der Waals surface area (Å²) in [6.07, 6.45) is 0. The summed E-state index contributed by atoms with van der Waals surface area (Å²) in [6, 6.07) is 20.2. The van der Waals surface area contributed by atoms with Crippen molar-refractivity contribution in [1.29, 1.82) is 0 Å². The summed E-state index contributed by atoms with van der Waals surface area (Å²) in [7, 11) is 1.74. The highest BCUT2D eigenvalue weighted by Gasteiger charge is 2.36. The maximum atomic E-state index is 10.6. The maximum Gasteiger partial charge on any atom is 0.333 e. The first-order chi connectivity index (χ1) is 14.7. The van der Waals surface area contributed by atoms with Gasteiger partial charge in [0.1, 0.15) is 16.2 Å². The topological polar surface area (TPSA) is 55.5 Å². The van der Waals surface area contributed by atoms with Crippen LogP contribution in [0.15, 0.2) is 65.1 Å². The normalized spacial score (nSPS) is 12.8. The Bertz CT molecular complexity index is 1400. The van der Waals surface area contributed by atoms with Gasteiger partial charge in [0.25, 0.3) is 0 Å². The zero-order valence-corrected chi connectivity index (χ0v) is 18.8. The quantitative estimate of drug-likeness (QED) is 0.367. The van der Waals surface area contributed by atoms with E-state index in [1.54, 1.807) is 32.7 Å². The lowest BCUT2D eigenvalue weighted by atomic mass is 9.80. The number of furan rings is 1. The second kappa shape index (κ2) is 7.19. The SMILES string of the molecule is CC(C)(O)C(C)(C)O[B]c1c2nc(-c3ccccc3)sc2cc2oc3ccccc3c12. The zero-order valence-electron chi connectivity index (χ0n) is 18.0. The van der Waals surface area contributed by atoms with Crippen LogP contribution >= 0.6 is 11.3 Å². The van der Waals surface area contributed by atoms with Gasteiger partial charge in [-0.2, -0.15) is 0 Å². The van der Waals surface area contributed by atoms with Crippen molar-refractivity contribution < 1.29 is 14.2 Å². The molecule has 0 unspecified atom stereocenters. The van der Waals surface area contributed by atoms with Gasteiger partial charge < -0.3 is 14.2 Å². The summed E-state index contributed by atoms with van der Waals surface area (Å²) in [4.78, 5) is 4.99. The first-order valence-electron chi connectivity index (χ1n) is 10.3. The van der Waals surface area contributed by atoms with E-state index in [1.807, 2.05) is 50.2 Å². The molecule has 0 saturated heterocycles. The van der Waals surface area contributed by atoms with Crippen molar-refractivity contribution in [2.45, 2.75) is 38.9 Å². The van der Waals surface area contributed by atoms with Gasteiger partial charge in [-0.15, -0.1) is 11.3 Å². The molecule has 4 nitrogen and oxygen atoms in total. The number of aromatic nitrogens is 1. The fourth-order valence-corrected chi connectivity index (χ4v) is 4.49. The molecule has 0 aliphatic rings. The molecule has 6 heteroatoms. The minimum Gasteiger partial charge on any atom is -0.456 e. The Morgan fingerprint density at radius 2 is 1.68 bits per heavy atom. The van der Waals surface area contributed by atoms with E-state index in [0.29, 0.717) is 0 Å². The average molecular weight is 428 g/mol. The van der Waals surface area contributed by atoms with Crippen molar-refractivity contribution in [2.24, 2.45) is 0 Å².